The second-order valence-corrected chi connectivity index (χ2v) is 9.27. The van der Waals surface area contributed by atoms with E-state index in [2.05, 4.69) is 27.5 Å². The van der Waals surface area contributed by atoms with Crippen molar-refractivity contribution in [2.45, 2.75) is 76.6 Å². The second kappa shape index (κ2) is 11.2. The van der Waals surface area contributed by atoms with Crippen molar-refractivity contribution in [3.8, 4) is 11.5 Å². The lowest BCUT2D eigenvalue weighted by Gasteiger charge is -2.32. The van der Waals surface area contributed by atoms with Gasteiger partial charge in [-0.3, -0.25) is 5.10 Å². The zero-order valence-corrected chi connectivity index (χ0v) is 19.5. The first-order valence-corrected chi connectivity index (χ1v) is 12.1. The molecule has 1 heterocycles. The SMILES string of the molecule is COc1cc(CNCc2n[nH]c3c2CCC3)ccc1OC[C@H](O)CN(C)C1CCCCC1. The summed E-state index contributed by atoms with van der Waals surface area (Å²) in [6.45, 7) is 2.38. The number of aliphatic hydroxyl groups excluding tert-OH is 1. The number of ether oxygens (including phenoxy) is 2. The number of aromatic nitrogens is 2. The van der Waals surface area contributed by atoms with Crippen molar-refractivity contribution in [2.24, 2.45) is 0 Å². The minimum absolute atomic E-state index is 0.259. The summed E-state index contributed by atoms with van der Waals surface area (Å²) < 4.78 is 11.5. The van der Waals surface area contributed by atoms with Gasteiger partial charge in [-0.05, 0) is 62.4 Å². The highest BCUT2D eigenvalue weighted by molar-refractivity contribution is 5.43. The van der Waals surface area contributed by atoms with E-state index in [0.717, 1.165) is 37.2 Å². The molecule has 176 valence electrons. The number of likely N-dealkylation sites (N-methyl/N-ethyl adjacent to an activating group) is 1. The quantitative estimate of drug-likeness (QED) is 0.496. The van der Waals surface area contributed by atoms with Gasteiger partial charge < -0.3 is 24.8 Å². The van der Waals surface area contributed by atoms with E-state index in [1.807, 2.05) is 18.2 Å². The number of fused-ring (bicyclic) bond motifs is 1. The van der Waals surface area contributed by atoms with Gasteiger partial charge in [0, 0.05) is 31.4 Å². The molecule has 1 aromatic heterocycles. The molecule has 0 spiro atoms. The van der Waals surface area contributed by atoms with E-state index in [9.17, 15) is 5.11 Å². The van der Waals surface area contributed by atoms with Gasteiger partial charge in [-0.15, -0.1) is 0 Å². The van der Waals surface area contributed by atoms with Crippen LogP contribution in [0.2, 0.25) is 0 Å². The van der Waals surface area contributed by atoms with Crippen molar-refractivity contribution in [1.29, 1.82) is 0 Å². The van der Waals surface area contributed by atoms with Crippen molar-refractivity contribution < 1.29 is 14.6 Å². The third kappa shape index (κ3) is 5.82. The molecule has 1 fully saturated rings. The second-order valence-electron chi connectivity index (χ2n) is 9.27. The first-order chi connectivity index (χ1) is 15.6. The van der Waals surface area contributed by atoms with Gasteiger partial charge in [-0.2, -0.15) is 5.10 Å². The van der Waals surface area contributed by atoms with Gasteiger partial charge in [0.05, 0.1) is 12.8 Å². The average molecular weight is 443 g/mol. The molecule has 1 saturated carbocycles. The summed E-state index contributed by atoms with van der Waals surface area (Å²) >= 11 is 0. The van der Waals surface area contributed by atoms with E-state index < -0.39 is 6.10 Å². The van der Waals surface area contributed by atoms with Crippen LogP contribution < -0.4 is 14.8 Å². The number of hydrogen-bond donors (Lipinski definition) is 3. The lowest BCUT2D eigenvalue weighted by molar-refractivity contribution is 0.0553. The molecule has 2 aliphatic rings. The van der Waals surface area contributed by atoms with Crippen LogP contribution in [0, 0.1) is 0 Å². The summed E-state index contributed by atoms with van der Waals surface area (Å²) in [5, 5.41) is 21.6. The maximum absolute atomic E-state index is 10.5. The van der Waals surface area contributed by atoms with Gasteiger partial charge in [-0.1, -0.05) is 25.3 Å². The van der Waals surface area contributed by atoms with Crippen molar-refractivity contribution >= 4 is 0 Å². The molecule has 0 bridgehead atoms. The highest BCUT2D eigenvalue weighted by Gasteiger charge is 2.21. The first kappa shape index (κ1) is 23.1. The minimum atomic E-state index is -0.524. The number of nitrogens with zero attached hydrogens (tertiary/aromatic N) is 2. The van der Waals surface area contributed by atoms with Crippen molar-refractivity contribution in [3.05, 3.63) is 40.7 Å². The molecule has 2 aromatic rings. The highest BCUT2D eigenvalue weighted by Crippen LogP contribution is 2.29. The van der Waals surface area contributed by atoms with E-state index >= 15 is 0 Å². The van der Waals surface area contributed by atoms with Crippen LogP contribution in [-0.2, 0) is 25.9 Å². The number of H-pyrrole nitrogens is 1. The standard InChI is InChI=1S/C25H38N4O3/c1-29(19-7-4-3-5-8-19)16-20(30)17-32-24-12-11-18(13-25(24)31-2)14-26-15-23-21-9-6-10-22(21)27-28-23/h11-13,19-20,26,30H,3-10,14-17H2,1-2H3,(H,27,28)/t20-/m1/s1. The molecule has 0 aliphatic heterocycles. The number of rotatable bonds is 11. The van der Waals surface area contributed by atoms with E-state index in [4.69, 9.17) is 9.47 Å². The number of benzene rings is 1. The van der Waals surface area contributed by atoms with Crippen molar-refractivity contribution in [2.75, 3.05) is 27.3 Å². The van der Waals surface area contributed by atoms with Crippen LogP contribution in [0.5, 0.6) is 11.5 Å². The van der Waals surface area contributed by atoms with E-state index in [1.54, 1.807) is 7.11 Å². The van der Waals surface area contributed by atoms with E-state index in [1.165, 1.54) is 49.8 Å². The molecule has 0 saturated heterocycles. The molecule has 7 nitrogen and oxygen atoms in total. The predicted octanol–water partition coefficient (Wildman–Crippen LogP) is 3.20. The normalized spacial score (nSPS) is 17.5. The fourth-order valence-corrected chi connectivity index (χ4v) is 5.04. The summed E-state index contributed by atoms with van der Waals surface area (Å²) in [5.41, 5.74) is 4.96. The smallest absolute Gasteiger partial charge is 0.161 e. The van der Waals surface area contributed by atoms with Gasteiger partial charge in [0.1, 0.15) is 12.7 Å². The Kier molecular flexibility index (Phi) is 8.05. The number of aromatic amines is 1. The number of hydrogen-bond acceptors (Lipinski definition) is 6. The molecule has 0 radical (unpaired) electrons. The third-order valence-electron chi connectivity index (χ3n) is 6.87. The monoisotopic (exact) mass is 442 g/mol. The molecule has 4 rings (SSSR count). The van der Waals surface area contributed by atoms with Gasteiger partial charge in [0.2, 0.25) is 0 Å². The van der Waals surface area contributed by atoms with Gasteiger partial charge >= 0.3 is 0 Å². The van der Waals surface area contributed by atoms with Gasteiger partial charge in [0.25, 0.3) is 0 Å². The predicted molar refractivity (Wildman–Crippen MR) is 125 cm³/mol. The largest absolute Gasteiger partial charge is 0.493 e. The molecule has 0 amide bonds. The fraction of sp³-hybridized carbons (Fsp3) is 0.640. The molecule has 2 aliphatic carbocycles. The summed E-state index contributed by atoms with van der Waals surface area (Å²) in [4.78, 5) is 2.29. The van der Waals surface area contributed by atoms with Crippen LogP contribution in [0.4, 0.5) is 0 Å². The molecule has 1 atom stereocenters. The van der Waals surface area contributed by atoms with Crippen LogP contribution >= 0.6 is 0 Å². The molecule has 3 N–H and O–H groups in total. The Bertz CT molecular complexity index is 863. The molecular formula is C25H38N4O3. The fourth-order valence-electron chi connectivity index (χ4n) is 5.04. The van der Waals surface area contributed by atoms with Crippen molar-refractivity contribution in [1.82, 2.24) is 20.4 Å². The Morgan fingerprint density at radius 2 is 2.00 bits per heavy atom. The van der Waals surface area contributed by atoms with Crippen LogP contribution in [-0.4, -0.2) is 59.7 Å². The van der Waals surface area contributed by atoms with E-state index in [-0.39, 0.29) is 6.61 Å². The summed E-state index contributed by atoms with van der Waals surface area (Å²) in [7, 11) is 3.76. The Morgan fingerprint density at radius 1 is 1.16 bits per heavy atom. The number of methoxy groups -OCH3 is 1. The van der Waals surface area contributed by atoms with Gasteiger partial charge in [-0.25, -0.2) is 0 Å². The Labute approximate surface area is 191 Å². The van der Waals surface area contributed by atoms with Gasteiger partial charge in [0.15, 0.2) is 11.5 Å². The molecule has 0 unspecified atom stereocenters. The zero-order chi connectivity index (χ0) is 22.3. The lowest BCUT2D eigenvalue weighted by Crippen LogP contribution is -2.40. The third-order valence-corrected chi connectivity index (χ3v) is 6.87. The lowest BCUT2D eigenvalue weighted by atomic mass is 9.94. The Morgan fingerprint density at radius 3 is 2.81 bits per heavy atom. The van der Waals surface area contributed by atoms with E-state index in [0.29, 0.717) is 24.1 Å². The number of aliphatic hydroxyl groups is 1. The molecule has 7 heteroatoms. The Hall–Kier alpha value is -2.09. The molecule has 1 aromatic carbocycles. The molecular weight excluding hydrogens is 404 g/mol. The van der Waals surface area contributed by atoms with Crippen LogP contribution in [0.25, 0.3) is 0 Å². The minimum Gasteiger partial charge on any atom is -0.493 e. The van der Waals surface area contributed by atoms with Crippen LogP contribution in [0.15, 0.2) is 18.2 Å². The highest BCUT2D eigenvalue weighted by atomic mass is 16.5. The van der Waals surface area contributed by atoms with Crippen LogP contribution in [0.3, 0.4) is 0 Å². The summed E-state index contributed by atoms with van der Waals surface area (Å²) in [6.07, 6.45) is 9.34. The maximum Gasteiger partial charge on any atom is 0.161 e. The maximum atomic E-state index is 10.5. The number of nitrogens with one attached hydrogen (secondary N) is 2. The van der Waals surface area contributed by atoms with Crippen LogP contribution in [0.1, 0.15) is 61.0 Å². The zero-order valence-electron chi connectivity index (χ0n) is 19.5. The molecule has 32 heavy (non-hydrogen) atoms. The number of aryl methyl sites for hydroxylation is 1. The summed E-state index contributed by atoms with van der Waals surface area (Å²) in [6, 6.07) is 6.56. The Balaban J connectivity index is 1.24. The average Bonchev–Trinajstić information content (AvgIpc) is 3.43. The van der Waals surface area contributed by atoms with Crippen molar-refractivity contribution in [3.63, 3.8) is 0 Å². The summed E-state index contributed by atoms with van der Waals surface area (Å²) in [5.74, 6) is 1.36. The first-order valence-electron chi connectivity index (χ1n) is 12.1. The topological polar surface area (TPSA) is 82.6 Å².